The summed E-state index contributed by atoms with van der Waals surface area (Å²) in [4.78, 5) is 22.4. The van der Waals surface area contributed by atoms with Crippen LogP contribution >= 0.6 is 11.6 Å². The van der Waals surface area contributed by atoms with Gasteiger partial charge in [-0.15, -0.1) is 0 Å². The number of nitro benzene ring substituents is 1. The molecule has 0 aromatic heterocycles. The van der Waals surface area contributed by atoms with Gasteiger partial charge in [-0.3, -0.25) is 14.9 Å². The predicted octanol–water partition coefficient (Wildman–Crippen LogP) is 4.88. The summed E-state index contributed by atoms with van der Waals surface area (Å²) in [7, 11) is -3.33. The van der Waals surface area contributed by atoms with Crippen LogP contribution in [-0.2, 0) is 14.9 Å². The highest BCUT2D eigenvalue weighted by Gasteiger charge is 2.28. The van der Waals surface area contributed by atoms with E-state index >= 15 is 0 Å². The number of ether oxygens (including phenoxy) is 1. The van der Waals surface area contributed by atoms with Crippen LogP contribution in [0.25, 0.3) is 6.08 Å². The molecule has 0 saturated heterocycles. The first-order valence-electron chi connectivity index (χ1n) is 10.1. The molecular weight excluding hydrogens is 510 g/mol. The van der Waals surface area contributed by atoms with Gasteiger partial charge in [0.25, 0.3) is 11.6 Å². The van der Waals surface area contributed by atoms with Gasteiger partial charge in [-0.2, -0.15) is 13.7 Å². The lowest BCUT2D eigenvalue weighted by Gasteiger charge is -2.12. The molecule has 0 spiro atoms. The zero-order chi connectivity index (χ0) is 26.5. The minimum atomic E-state index is -4.58. The van der Waals surface area contributed by atoms with Crippen molar-refractivity contribution in [3.05, 3.63) is 92.5 Å². The van der Waals surface area contributed by atoms with Gasteiger partial charge in [-0.05, 0) is 48.4 Å². The summed E-state index contributed by atoms with van der Waals surface area (Å²) in [6.07, 6.45) is 1.27. The lowest BCUT2D eigenvalue weighted by atomic mass is 10.1. The van der Waals surface area contributed by atoms with Gasteiger partial charge >= 0.3 is 10.1 Å². The van der Waals surface area contributed by atoms with Gasteiger partial charge in [0.05, 0.1) is 22.7 Å². The number of nitrogens with one attached hydrogen (secondary N) is 1. The standard InChI is InChI=1S/C24H18ClN3O7S/c1-15-6-5-7-18(25)23(15)27-24(29)17(14-26)12-16-10-11-20(21(13-16)34-2)35-36(32,33)22-9-4-3-8-19(22)28(30)31/h3-13H,1-2H3,(H,27,29)/b17-12+. The molecule has 0 aliphatic carbocycles. The number of hydrogen-bond donors (Lipinski definition) is 1. The van der Waals surface area contributed by atoms with Crippen LogP contribution < -0.4 is 14.2 Å². The van der Waals surface area contributed by atoms with E-state index in [1.807, 2.05) is 6.07 Å². The zero-order valence-corrected chi connectivity index (χ0v) is 20.5. The summed E-state index contributed by atoms with van der Waals surface area (Å²) in [5, 5.41) is 23.6. The Bertz CT molecular complexity index is 1510. The van der Waals surface area contributed by atoms with Gasteiger partial charge in [-0.1, -0.05) is 41.9 Å². The number of hydrogen-bond acceptors (Lipinski definition) is 8. The minimum Gasteiger partial charge on any atom is -0.493 e. The van der Waals surface area contributed by atoms with Crippen molar-refractivity contribution in [2.45, 2.75) is 11.8 Å². The van der Waals surface area contributed by atoms with Crippen LogP contribution in [0.1, 0.15) is 11.1 Å². The molecule has 0 heterocycles. The number of nitro groups is 1. The molecule has 0 saturated carbocycles. The Kier molecular flexibility index (Phi) is 7.93. The smallest absolute Gasteiger partial charge is 0.346 e. The third-order valence-corrected chi connectivity index (χ3v) is 6.45. The fourth-order valence-corrected chi connectivity index (χ4v) is 4.49. The topological polar surface area (TPSA) is 149 Å². The van der Waals surface area contributed by atoms with Gasteiger partial charge < -0.3 is 14.2 Å². The Morgan fingerprint density at radius 3 is 2.50 bits per heavy atom. The monoisotopic (exact) mass is 527 g/mol. The molecule has 36 heavy (non-hydrogen) atoms. The normalized spacial score (nSPS) is 11.3. The number of carbonyl (C=O) groups is 1. The summed E-state index contributed by atoms with van der Waals surface area (Å²) in [5.74, 6) is -1.00. The van der Waals surface area contributed by atoms with E-state index < -0.39 is 31.5 Å². The summed E-state index contributed by atoms with van der Waals surface area (Å²) in [6, 6.07) is 15.6. The van der Waals surface area contributed by atoms with Crippen molar-refractivity contribution in [2.75, 3.05) is 12.4 Å². The number of halogens is 1. The minimum absolute atomic E-state index is 0.0504. The van der Waals surface area contributed by atoms with Crippen LogP contribution in [0.2, 0.25) is 5.02 Å². The fraction of sp³-hybridized carbons (Fsp3) is 0.0833. The number of rotatable bonds is 8. The molecule has 1 amide bonds. The number of amides is 1. The number of aryl methyl sites for hydroxylation is 1. The molecule has 3 aromatic carbocycles. The number of carbonyl (C=O) groups excluding carboxylic acids is 1. The highest BCUT2D eigenvalue weighted by molar-refractivity contribution is 7.87. The summed E-state index contributed by atoms with van der Waals surface area (Å²) >= 11 is 6.13. The highest BCUT2D eigenvalue weighted by Crippen LogP contribution is 2.33. The first kappa shape index (κ1) is 26.2. The maximum atomic E-state index is 12.7. The SMILES string of the molecule is COc1cc(/C=C(\C#N)C(=O)Nc2c(C)cccc2Cl)ccc1OS(=O)(=O)c1ccccc1[N+](=O)[O-]. The molecule has 1 N–H and O–H groups in total. The molecule has 0 atom stereocenters. The van der Waals surface area contributed by atoms with E-state index in [-0.39, 0.29) is 17.1 Å². The maximum Gasteiger partial charge on any atom is 0.346 e. The number of anilines is 1. The molecular formula is C24H18ClN3O7S. The molecule has 10 nitrogen and oxygen atoms in total. The van der Waals surface area contributed by atoms with Crippen molar-refractivity contribution in [2.24, 2.45) is 0 Å². The summed E-state index contributed by atoms with van der Waals surface area (Å²) in [6.45, 7) is 1.75. The van der Waals surface area contributed by atoms with E-state index in [0.29, 0.717) is 21.8 Å². The van der Waals surface area contributed by atoms with Gasteiger partial charge in [-0.25, -0.2) is 0 Å². The van der Waals surface area contributed by atoms with Gasteiger partial charge in [0, 0.05) is 6.07 Å². The second kappa shape index (κ2) is 10.9. The van der Waals surface area contributed by atoms with Crippen LogP contribution in [0, 0.1) is 28.4 Å². The van der Waals surface area contributed by atoms with E-state index in [4.69, 9.17) is 20.5 Å². The Balaban J connectivity index is 1.91. The predicted molar refractivity (Wildman–Crippen MR) is 132 cm³/mol. The largest absolute Gasteiger partial charge is 0.493 e. The maximum absolute atomic E-state index is 12.7. The highest BCUT2D eigenvalue weighted by atomic mass is 35.5. The molecule has 0 aliphatic heterocycles. The zero-order valence-electron chi connectivity index (χ0n) is 18.9. The van der Waals surface area contributed by atoms with Crippen LogP contribution in [0.3, 0.4) is 0 Å². The molecule has 0 fully saturated rings. The van der Waals surface area contributed by atoms with Crippen LogP contribution in [0.4, 0.5) is 11.4 Å². The first-order valence-corrected chi connectivity index (χ1v) is 11.9. The van der Waals surface area contributed by atoms with Crippen LogP contribution in [0.5, 0.6) is 11.5 Å². The van der Waals surface area contributed by atoms with Gasteiger partial charge in [0.1, 0.15) is 11.6 Å². The van der Waals surface area contributed by atoms with E-state index in [1.165, 1.54) is 43.5 Å². The van der Waals surface area contributed by atoms with Crippen molar-refractivity contribution >= 4 is 45.1 Å². The lowest BCUT2D eigenvalue weighted by molar-refractivity contribution is -0.387. The van der Waals surface area contributed by atoms with Crippen LogP contribution in [-0.4, -0.2) is 26.4 Å². The van der Waals surface area contributed by atoms with Crippen molar-refractivity contribution < 1.29 is 27.1 Å². The average molecular weight is 528 g/mol. The number of nitrogens with zero attached hydrogens (tertiary/aromatic N) is 2. The van der Waals surface area contributed by atoms with Gasteiger partial charge in [0.2, 0.25) is 0 Å². The van der Waals surface area contributed by atoms with E-state index in [1.54, 1.807) is 25.1 Å². The lowest BCUT2D eigenvalue weighted by Crippen LogP contribution is -2.14. The fourth-order valence-electron chi connectivity index (χ4n) is 3.11. The molecule has 184 valence electrons. The number of nitriles is 1. The Hall–Kier alpha value is -4.40. The third kappa shape index (κ3) is 5.80. The first-order chi connectivity index (χ1) is 17.1. The molecule has 3 rings (SSSR count). The van der Waals surface area contributed by atoms with E-state index in [9.17, 15) is 28.6 Å². The second-order valence-electron chi connectivity index (χ2n) is 7.23. The van der Waals surface area contributed by atoms with E-state index in [0.717, 1.165) is 12.1 Å². The summed E-state index contributed by atoms with van der Waals surface area (Å²) in [5.41, 5.74) is 0.500. The Morgan fingerprint density at radius 1 is 1.14 bits per heavy atom. The molecule has 0 unspecified atom stereocenters. The summed E-state index contributed by atoms with van der Waals surface area (Å²) < 4.78 is 35.7. The van der Waals surface area contributed by atoms with Crippen molar-refractivity contribution in [1.82, 2.24) is 0 Å². The average Bonchev–Trinajstić information content (AvgIpc) is 2.85. The number of para-hydroxylation sites is 2. The second-order valence-corrected chi connectivity index (χ2v) is 9.15. The number of methoxy groups -OCH3 is 1. The third-order valence-electron chi connectivity index (χ3n) is 4.86. The van der Waals surface area contributed by atoms with Crippen molar-refractivity contribution in [3.8, 4) is 17.6 Å². The van der Waals surface area contributed by atoms with Crippen LogP contribution in [0.15, 0.2) is 71.1 Å². The molecule has 12 heteroatoms. The Labute approximate surface area is 211 Å². The van der Waals surface area contributed by atoms with Gasteiger partial charge in [0.15, 0.2) is 16.4 Å². The van der Waals surface area contributed by atoms with E-state index in [2.05, 4.69) is 5.32 Å². The molecule has 0 aliphatic rings. The molecule has 3 aromatic rings. The Morgan fingerprint density at radius 2 is 1.86 bits per heavy atom. The molecule has 0 radical (unpaired) electrons. The van der Waals surface area contributed by atoms with Crippen molar-refractivity contribution in [3.63, 3.8) is 0 Å². The molecule has 0 bridgehead atoms. The quantitative estimate of drug-likeness (QED) is 0.143. The number of benzene rings is 3. The van der Waals surface area contributed by atoms with Crippen molar-refractivity contribution in [1.29, 1.82) is 5.26 Å².